The Bertz CT molecular complexity index is 5920. The van der Waals surface area contributed by atoms with E-state index in [9.17, 15) is 44.7 Å². The quantitative estimate of drug-likeness (QED) is 0.0145. The fourth-order valence-electron chi connectivity index (χ4n) is 28.1. The molecule has 8 aromatic rings. The van der Waals surface area contributed by atoms with Gasteiger partial charge in [0.15, 0.2) is 0 Å². The number of hydrogen-bond acceptors (Lipinski definition) is 17. The maximum atomic E-state index is 12.3. The number of phenolic OH excluding ortho intramolecular Hbond substituents is 1. The van der Waals surface area contributed by atoms with Gasteiger partial charge in [0.1, 0.15) is 41.0 Å². The van der Waals surface area contributed by atoms with Crippen LogP contribution in [0.15, 0.2) is 217 Å². The first-order valence-electron chi connectivity index (χ1n) is 49.8. The summed E-state index contributed by atoms with van der Waals surface area (Å²) in [6.45, 7) is 20.3. The number of allylic oxidation sites excluding steroid dienone is 1. The van der Waals surface area contributed by atoms with Gasteiger partial charge in [0, 0.05) is 96.1 Å². The molecule has 4 heterocycles. The molecule has 21 aliphatic rings. The summed E-state index contributed by atoms with van der Waals surface area (Å²) in [7, 11) is 0. The minimum atomic E-state index is -0.489. The maximum absolute atomic E-state index is 12.3. The van der Waals surface area contributed by atoms with Gasteiger partial charge in [-0.25, -0.2) is 4.79 Å². The van der Waals surface area contributed by atoms with Crippen molar-refractivity contribution in [2.45, 2.75) is 290 Å². The third-order valence-corrected chi connectivity index (χ3v) is 34.8. The Morgan fingerprint density at radius 1 is 0.481 bits per heavy atom. The number of aliphatic hydroxyl groups is 4. The lowest BCUT2D eigenvalue weighted by Crippen LogP contribution is -2.77. The van der Waals surface area contributed by atoms with Crippen LogP contribution in [0, 0.1) is 21.7 Å². The zero-order chi connectivity index (χ0) is 94.1. The van der Waals surface area contributed by atoms with Crippen LogP contribution in [-0.2, 0) is 40.0 Å². The van der Waals surface area contributed by atoms with Crippen LogP contribution in [0.2, 0.25) is 0 Å². The average Bonchev–Trinajstić information content (AvgIpc) is 1.50. The molecule has 1 saturated heterocycles. The highest BCUT2D eigenvalue weighted by molar-refractivity contribution is 14.1. The van der Waals surface area contributed by atoms with Crippen LogP contribution in [0.25, 0.3) is 22.3 Å². The molecule has 708 valence electrons. The number of rotatable bonds is 19. The van der Waals surface area contributed by atoms with Crippen molar-refractivity contribution < 1.29 is 63.7 Å². The summed E-state index contributed by atoms with van der Waals surface area (Å²) < 4.78 is 22.8. The van der Waals surface area contributed by atoms with Crippen molar-refractivity contribution >= 4 is 69.2 Å². The van der Waals surface area contributed by atoms with Crippen LogP contribution < -0.4 is 19.5 Å². The van der Waals surface area contributed by atoms with E-state index in [1.807, 2.05) is 45.0 Å². The number of alkyl halides is 1. The van der Waals surface area contributed by atoms with Crippen LogP contribution >= 0.6 is 22.6 Å². The highest BCUT2D eigenvalue weighted by Gasteiger charge is 2.75. The number of esters is 2. The van der Waals surface area contributed by atoms with Gasteiger partial charge in [0.25, 0.3) is 0 Å². The number of amides is 1. The number of nitrogens with zero attached hydrogens (tertiary/aromatic N) is 4. The molecule has 8 aromatic carbocycles. The summed E-state index contributed by atoms with van der Waals surface area (Å²) in [5, 5.41) is 52.6. The number of ether oxygens (including phenoxy) is 4. The molecule has 13 saturated carbocycles. The van der Waals surface area contributed by atoms with Crippen LogP contribution in [0.4, 0.5) is 4.79 Å². The normalized spacial score (nSPS) is 31.1. The van der Waals surface area contributed by atoms with Gasteiger partial charge in [-0.1, -0.05) is 169 Å². The van der Waals surface area contributed by atoms with Gasteiger partial charge in [-0.2, -0.15) is 0 Å². The molecule has 0 radical (unpaired) electrons. The molecule has 7 unspecified atom stereocenters. The Balaban J connectivity index is 0.000000107. The lowest BCUT2D eigenvalue weighted by molar-refractivity contribution is -0.253. The van der Waals surface area contributed by atoms with E-state index in [4.69, 9.17) is 18.9 Å². The summed E-state index contributed by atoms with van der Waals surface area (Å²) in [5.41, 5.74) is 28.1. The zero-order valence-electron chi connectivity index (χ0n) is 80.0. The number of halogens is 1. The Hall–Kier alpha value is -9.39. The van der Waals surface area contributed by atoms with E-state index in [2.05, 4.69) is 222 Å². The maximum Gasteiger partial charge on any atom is 0.410 e. The summed E-state index contributed by atoms with van der Waals surface area (Å²) in [5.74, 6) is 1.56. The first kappa shape index (κ1) is 93.3. The monoisotopic (exact) mass is 1930 g/mol. The molecular weight excluding hydrogens is 1800 g/mol. The molecule has 135 heavy (non-hydrogen) atoms. The largest absolute Gasteiger partial charge is 0.508 e. The fourth-order valence-corrected chi connectivity index (χ4v) is 29.0. The molecule has 0 spiro atoms. The second kappa shape index (κ2) is 36.1. The number of benzene rings is 8. The van der Waals surface area contributed by atoms with E-state index in [0.29, 0.717) is 97.5 Å². The fraction of sp³-hybridized carbons (Fsp3) is 0.483. The third kappa shape index (κ3) is 17.5. The van der Waals surface area contributed by atoms with E-state index in [0.717, 1.165) is 125 Å². The number of hydrogen-bond donors (Lipinski definition) is 6. The Morgan fingerprint density at radius 3 is 1.19 bits per heavy atom. The van der Waals surface area contributed by atoms with Crippen LogP contribution in [0.1, 0.15) is 274 Å². The second-order valence-electron chi connectivity index (χ2n) is 44.9. The van der Waals surface area contributed by atoms with Crippen molar-refractivity contribution in [1.29, 1.82) is 0 Å². The highest BCUT2D eigenvalue weighted by Crippen LogP contribution is 2.76. The number of carbonyl (C=O) groups is 4. The molecule has 8 bridgehead atoms. The van der Waals surface area contributed by atoms with Crippen molar-refractivity contribution in [2.24, 2.45) is 21.7 Å². The van der Waals surface area contributed by atoms with Gasteiger partial charge in [-0.15, -0.1) is 0 Å². The standard InChI is InChI=1S/C33H40N2O4.C27H29NO3.C25H27NO2.C18H23NO.C9H8O3.C4H7I/c1-21-13-27-26-8-6-5-7-23(26)14-28(27)29(35(21)33-17-32(18-33,19-33)20-36)22-9-11-24(12-10-22)38-25-15-34(16-25)30(37)39-31(2,3)4;1-17-11-23-22-6-4-3-5-20(22)12-24(23)25(19-7-9-21(10-8-19)31-18(2)30)28(17)27-13-26(14-27,15-27)16-29;1-16-10-21-20-5-3-2-4-18(20)11-22(21)23(17-6-8-19(28)9-7-17)26(16)25-12-24(13-25,14-25)15-27;1-13(19-18-9-17(10-18,11-18)12-20)8-15-7-6-14-4-2-3-5-16(14)15;1-7(11)12-9-4-2-8(6-10)3-5-9;5-4-2-1-3-4/h5-12,21,25,29,36H,13-20H2,1-4H3;3-10,17,25,29H,11-16H2,1-2H3;2-9,16,23,27-28H,10-15H2,1H3;2-5,7,13,19-20H,6,8-12H2,1H3;2-6H,1H3;4H,1-3H2. The molecule has 29 rings (SSSR count). The molecule has 1 amide bonds. The van der Waals surface area contributed by atoms with E-state index in [-0.39, 0.29) is 75.1 Å². The van der Waals surface area contributed by atoms with E-state index < -0.39 is 5.60 Å². The van der Waals surface area contributed by atoms with Crippen LogP contribution in [0.3, 0.4) is 0 Å². The van der Waals surface area contributed by atoms with Gasteiger partial charge in [-0.05, 0) is 372 Å². The van der Waals surface area contributed by atoms with E-state index in [1.165, 1.54) is 130 Å². The number of carbonyl (C=O) groups excluding carboxylic acids is 4. The van der Waals surface area contributed by atoms with Crippen molar-refractivity contribution in [3.05, 3.63) is 284 Å². The summed E-state index contributed by atoms with van der Waals surface area (Å²) in [4.78, 5) is 54.4. The topological polar surface area (TPSA) is 231 Å². The van der Waals surface area contributed by atoms with Crippen molar-refractivity contribution in [2.75, 3.05) is 39.5 Å². The minimum absolute atomic E-state index is 0.0105. The number of fused-ring (bicyclic) bond motifs is 7. The lowest BCUT2D eigenvalue weighted by atomic mass is 9.38. The molecule has 18 nitrogen and oxygen atoms in total. The van der Waals surface area contributed by atoms with Crippen molar-refractivity contribution in [1.82, 2.24) is 24.9 Å². The molecule has 14 fully saturated rings. The summed E-state index contributed by atoms with van der Waals surface area (Å²) in [6.07, 6.45) is 29.4. The second-order valence-corrected chi connectivity index (χ2v) is 46.7. The first-order chi connectivity index (χ1) is 64.8. The van der Waals surface area contributed by atoms with Gasteiger partial charge in [0.2, 0.25) is 0 Å². The molecular formula is C116H134IN5O13. The Kier molecular flexibility index (Phi) is 25.0. The third-order valence-electron chi connectivity index (χ3n) is 33.5. The number of phenols is 1. The Labute approximate surface area is 810 Å². The molecule has 6 N–H and O–H groups in total. The summed E-state index contributed by atoms with van der Waals surface area (Å²) in [6, 6.07) is 69.0. The number of aldehydes is 1. The zero-order valence-corrected chi connectivity index (χ0v) is 82.2. The highest BCUT2D eigenvalue weighted by atomic mass is 127. The van der Waals surface area contributed by atoms with Crippen molar-refractivity contribution in [3.63, 3.8) is 0 Å². The van der Waals surface area contributed by atoms with Gasteiger partial charge in [-0.3, -0.25) is 29.1 Å². The molecule has 4 aliphatic heterocycles. The molecule has 7 atom stereocenters. The van der Waals surface area contributed by atoms with Gasteiger partial charge >= 0.3 is 18.0 Å². The smallest absolute Gasteiger partial charge is 0.410 e. The number of aliphatic hydroxyl groups excluding tert-OH is 4. The van der Waals surface area contributed by atoms with Gasteiger partial charge < -0.3 is 54.7 Å². The van der Waals surface area contributed by atoms with E-state index >= 15 is 0 Å². The summed E-state index contributed by atoms with van der Waals surface area (Å²) >= 11 is 2.49. The van der Waals surface area contributed by atoms with E-state index in [1.54, 1.807) is 51.5 Å². The molecule has 17 aliphatic carbocycles. The lowest BCUT2D eigenvalue weighted by Gasteiger charge is -2.76. The molecule has 19 heteroatoms. The predicted octanol–water partition coefficient (Wildman–Crippen LogP) is 21.2. The number of likely N-dealkylation sites (tertiary alicyclic amines) is 1. The number of aromatic hydroxyl groups is 1. The average molecular weight is 1930 g/mol. The predicted molar refractivity (Wildman–Crippen MR) is 536 cm³/mol. The SMILES string of the molecule is CC(=O)Oc1ccc(C2C3=C(CC(C)N2C24CC(CO)(C2)C4)c2ccccc2C3)cc1.CC(=O)Oc1ccc(C=O)cc1.CC(CC1=CCc2ccccc21)NC12CC(CO)(C1)C2.CC1CC2=C(Cc3ccccc32)C(c2ccc(O)cc2)N1C12CC(CO)(C1)C2.CC1CC2=C(Cc3ccccc32)C(c2ccc(OC3CN(C(=O)OC(C)(C)C)C3)cc2)N1C12CC(CO)(C1)C2.IC1CCC1. The minimum Gasteiger partial charge on any atom is -0.508 e. The van der Waals surface area contributed by atoms with Crippen LogP contribution in [-0.4, -0.2) is 171 Å². The van der Waals surface area contributed by atoms with Crippen molar-refractivity contribution in [3.8, 4) is 23.0 Å². The molecule has 0 aromatic heterocycles. The van der Waals surface area contributed by atoms with Crippen LogP contribution in [0.5, 0.6) is 23.0 Å². The first-order valence-corrected chi connectivity index (χ1v) is 51.0. The van der Waals surface area contributed by atoms with Gasteiger partial charge in [0.05, 0.1) is 31.2 Å². The number of nitrogens with one attached hydrogen (secondary N) is 1. The Morgan fingerprint density at radius 2 is 0.830 bits per heavy atom.